The third-order valence-electron chi connectivity index (χ3n) is 5.84. The van der Waals surface area contributed by atoms with Crippen LogP contribution < -0.4 is 4.80 Å². The lowest BCUT2D eigenvalue weighted by molar-refractivity contribution is -0.384. The number of fused-ring (bicyclic) bond motifs is 1. The number of nitro groups is 1. The SMILES string of the molecule is CCn1c(=NC(=O)c2ccc(S(=O)(=O)N3CCCC[C@H]3C)cc2)sc2cc([N+](=O)[O-])ccc21. The van der Waals surface area contributed by atoms with Gasteiger partial charge in [0.2, 0.25) is 10.0 Å². The Kier molecular flexibility index (Phi) is 6.46. The molecule has 11 heteroatoms. The first-order chi connectivity index (χ1) is 15.7. The van der Waals surface area contributed by atoms with E-state index in [1.165, 1.54) is 52.0 Å². The van der Waals surface area contributed by atoms with E-state index >= 15 is 0 Å². The van der Waals surface area contributed by atoms with Gasteiger partial charge in [0.1, 0.15) is 0 Å². The van der Waals surface area contributed by atoms with E-state index in [1.807, 2.05) is 18.4 Å². The number of hydrogen-bond acceptors (Lipinski definition) is 6. The van der Waals surface area contributed by atoms with Gasteiger partial charge in [0.05, 0.1) is 20.0 Å². The number of amides is 1. The molecule has 0 aliphatic carbocycles. The summed E-state index contributed by atoms with van der Waals surface area (Å²) in [5.74, 6) is -0.506. The fraction of sp³-hybridized carbons (Fsp3) is 0.364. The molecule has 0 unspecified atom stereocenters. The van der Waals surface area contributed by atoms with Crippen molar-refractivity contribution in [3.8, 4) is 0 Å². The molecule has 0 N–H and O–H groups in total. The zero-order valence-electron chi connectivity index (χ0n) is 18.3. The molecule has 2 heterocycles. The molecule has 1 amide bonds. The van der Waals surface area contributed by atoms with Crippen LogP contribution in [-0.2, 0) is 16.6 Å². The minimum absolute atomic E-state index is 0.0234. The molecular weight excluding hydrogens is 464 g/mol. The van der Waals surface area contributed by atoms with Crippen molar-refractivity contribution < 1.29 is 18.1 Å². The van der Waals surface area contributed by atoms with Gasteiger partial charge in [0.15, 0.2) is 4.80 Å². The number of aryl methyl sites for hydroxylation is 1. The Hall–Kier alpha value is -2.89. The van der Waals surface area contributed by atoms with Crippen molar-refractivity contribution in [3.63, 3.8) is 0 Å². The molecule has 33 heavy (non-hydrogen) atoms. The van der Waals surface area contributed by atoms with Gasteiger partial charge in [0.25, 0.3) is 11.6 Å². The molecule has 9 nitrogen and oxygen atoms in total. The van der Waals surface area contributed by atoms with Crippen molar-refractivity contribution in [3.05, 3.63) is 62.9 Å². The summed E-state index contributed by atoms with van der Waals surface area (Å²) in [6, 6.07) is 10.3. The summed E-state index contributed by atoms with van der Waals surface area (Å²) in [6.45, 7) is 4.85. The van der Waals surface area contributed by atoms with E-state index in [2.05, 4.69) is 4.99 Å². The Labute approximate surface area is 195 Å². The van der Waals surface area contributed by atoms with Crippen LogP contribution in [0.5, 0.6) is 0 Å². The molecule has 1 atom stereocenters. The number of aromatic nitrogens is 1. The maximum Gasteiger partial charge on any atom is 0.279 e. The number of carbonyl (C=O) groups excluding carboxylic acids is 1. The van der Waals surface area contributed by atoms with E-state index in [-0.39, 0.29) is 22.2 Å². The monoisotopic (exact) mass is 488 g/mol. The van der Waals surface area contributed by atoms with Crippen LogP contribution in [0.25, 0.3) is 10.2 Å². The number of non-ortho nitro benzene ring substituents is 1. The number of benzene rings is 2. The average Bonchev–Trinajstić information content (AvgIpc) is 3.15. The van der Waals surface area contributed by atoms with E-state index in [4.69, 9.17) is 0 Å². The molecule has 1 aromatic heterocycles. The Balaban J connectivity index is 1.65. The summed E-state index contributed by atoms with van der Waals surface area (Å²) in [6.07, 6.45) is 2.70. The molecule has 0 radical (unpaired) electrons. The number of carbonyl (C=O) groups is 1. The number of nitro benzene ring substituents is 1. The fourth-order valence-corrected chi connectivity index (χ4v) is 6.88. The van der Waals surface area contributed by atoms with Crippen molar-refractivity contribution in [2.75, 3.05) is 6.54 Å². The van der Waals surface area contributed by atoms with E-state index in [9.17, 15) is 23.3 Å². The number of rotatable bonds is 5. The summed E-state index contributed by atoms with van der Waals surface area (Å²) >= 11 is 1.20. The summed E-state index contributed by atoms with van der Waals surface area (Å²) in [5.41, 5.74) is 1.01. The summed E-state index contributed by atoms with van der Waals surface area (Å²) < 4.78 is 30.0. The molecule has 4 rings (SSSR count). The molecule has 1 saturated heterocycles. The fourth-order valence-electron chi connectivity index (χ4n) is 4.05. The van der Waals surface area contributed by atoms with Crippen molar-refractivity contribution >= 4 is 43.2 Å². The molecule has 3 aromatic rings. The lowest BCUT2D eigenvalue weighted by Gasteiger charge is -2.32. The van der Waals surface area contributed by atoms with Crippen LogP contribution >= 0.6 is 11.3 Å². The molecule has 1 fully saturated rings. The number of piperidine rings is 1. The molecule has 0 bridgehead atoms. The average molecular weight is 489 g/mol. The highest BCUT2D eigenvalue weighted by Crippen LogP contribution is 2.26. The Morgan fingerprint density at radius 3 is 2.58 bits per heavy atom. The zero-order valence-corrected chi connectivity index (χ0v) is 19.9. The van der Waals surface area contributed by atoms with Gasteiger partial charge in [-0.3, -0.25) is 14.9 Å². The minimum atomic E-state index is -3.62. The summed E-state index contributed by atoms with van der Waals surface area (Å²) in [4.78, 5) is 28.2. The van der Waals surface area contributed by atoms with Crippen LogP contribution in [0.4, 0.5) is 5.69 Å². The summed E-state index contributed by atoms with van der Waals surface area (Å²) in [7, 11) is -3.62. The normalized spacial score (nSPS) is 18.0. The third kappa shape index (κ3) is 4.48. The van der Waals surface area contributed by atoms with E-state index in [1.54, 1.807) is 6.07 Å². The quantitative estimate of drug-likeness (QED) is 0.399. The number of hydrogen-bond donors (Lipinski definition) is 0. The minimum Gasteiger partial charge on any atom is -0.317 e. The van der Waals surface area contributed by atoms with Crippen LogP contribution in [0.2, 0.25) is 0 Å². The van der Waals surface area contributed by atoms with Crippen LogP contribution in [-0.4, -0.2) is 40.7 Å². The van der Waals surface area contributed by atoms with Crippen molar-refractivity contribution in [2.24, 2.45) is 4.99 Å². The largest absolute Gasteiger partial charge is 0.317 e. The van der Waals surface area contributed by atoms with Crippen molar-refractivity contribution in [1.29, 1.82) is 0 Å². The van der Waals surface area contributed by atoms with Gasteiger partial charge in [-0.05, 0) is 57.0 Å². The van der Waals surface area contributed by atoms with Gasteiger partial charge in [-0.1, -0.05) is 17.8 Å². The number of sulfonamides is 1. The van der Waals surface area contributed by atoms with Crippen molar-refractivity contribution in [1.82, 2.24) is 8.87 Å². The van der Waals surface area contributed by atoms with Crippen molar-refractivity contribution in [2.45, 2.75) is 50.6 Å². The first-order valence-electron chi connectivity index (χ1n) is 10.7. The van der Waals surface area contributed by atoms with Gasteiger partial charge in [0, 0.05) is 36.8 Å². The Bertz CT molecular complexity index is 1390. The summed E-state index contributed by atoms with van der Waals surface area (Å²) in [5, 5.41) is 11.1. The maximum absolute atomic E-state index is 13.0. The predicted molar refractivity (Wildman–Crippen MR) is 126 cm³/mol. The highest BCUT2D eigenvalue weighted by atomic mass is 32.2. The van der Waals surface area contributed by atoms with Gasteiger partial charge in [-0.15, -0.1) is 0 Å². The van der Waals surface area contributed by atoms with Crippen LogP contribution in [0, 0.1) is 10.1 Å². The Morgan fingerprint density at radius 2 is 1.94 bits per heavy atom. The smallest absolute Gasteiger partial charge is 0.279 e. The molecule has 1 aliphatic rings. The van der Waals surface area contributed by atoms with Gasteiger partial charge in [-0.2, -0.15) is 9.30 Å². The number of nitrogens with zero attached hydrogens (tertiary/aromatic N) is 4. The maximum atomic E-state index is 13.0. The lowest BCUT2D eigenvalue weighted by atomic mass is 10.1. The third-order valence-corrected chi connectivity index (χ3v) is 8.91. The van der Waals surface area contributed by atoms with Crippen LogP contribution in [0.15, 0.2) is 52.4 Å². The topological polar surface area (TPSA) is 115 Å². The predicted octanol–water partition coefficient (Wildman–Crippen LogP) is 3.94. The van der Waals surface area contributed by atoms with E-state index < -0.39 is 20.9 Å². The second-order valence-electron chi connectivity index (χ2n) is 7.94. The lowest BCUT2D eigenvalue weighted by Crippen LogP contribution is -2.41. The molecule has 1 aliphatic heterocycles. The van der Waals surface area contributed by atoms with Crippen LogP contribution in [0.1, 0.15) is 43.5 Å². The first kappa shape index (κ1) is 23.3. The molecule has 174 valence electrons. The van der Waals surface area contributed by atoms with Crippen LogP contribution in [0.3, 0.4) is 0 Å². The molecule has 0 spiro atoms. The highest BCUT2D eigenvalue weighted by molar-refractivity contribution is 7.89. The van der Waals surface area contributed by atoms with Gasteiger partial charge in [-0.25, -0.2) is 8.42 Å². The second-order valence-corrected chi connectivity index (χ2v) is 10.8. The standard InChI is InChI=1S/C22H24N4O5S2/c1-3-24-19-12-9-17(26(28)29)14-20(19)32-22(24)23-21(27)16-7-10-18(11-8-16)33(30,31)25-13-5-4-6-15(25)2/h7-12,14-15H,3-6,13H2,1-2H3/t15-/m1/s1. The molecule has 0 saturated carbocycles. The Morgan fingerprint density at radius 1 is 1.21 bits per heavy atom. The van der Waals surface area contributed by atoms with E-state index in [0.29, 0.717) is 22.6 Å². The second kappa shape index (κ2) is 9.16. The molecule has 2 aromatic carbocycles. The molecular formula is C22H24N4O5S2. The zero-order chi connectivity index (χ0) is 23.8. The number of thiazole rings is 1. The van der Waals surface area contributed by atoms with E-state index in [0.717, 1.165) is 24.8 Å². The van der Waals surface area contributed by atoms with Gasteiger partial charge >= 0.3 is 0 Å². The first-order valence-corrected chi connectivity index (χ1v) is 13.0. The highest BCUT2D eigenvalue weighted by Gasteiger charge is 2.30. The van der Waals surface area contributed by atoms with Gasteiger partial charge < -0.3 is 4.57 Å².